The van der Waals surface area contributed by atoms with Crippen LogP contribution in [0.5, 0.6) is 5.75 Å². The summed E-state index contributed by atoms with van der Waals surface area (Å²) in [6, 6.07) is 12.0. The highest BCUT2D eigenvalue weighted by atomic mass is 35.5. The van der Waals surface area contributed by atoms with Crippen molar-refractivity contribution in [1.29, 1.82) is 0 Å². The Balaban J connectivity index is 2.30. The molecule has 0 amide bonds. The maximum atomic E-state index is 13.6. The van der Waals surface area contributed by atoms with E-state index in [1.165, 1.54) is 6.07 Å². The van der Waals surface area contributed by atoms with Crippen LogP contribution in [-0.2, 0) is 0 Å². The van der Waals surface area contributed by atoms with Gasteiger partial charge in [-0.2, -0.15) is 0 Å². The molecule has 2 aromatic carbocycles. The first-order valence-corrected chi connectivity index (χ1v) is 7.33. The first-order chi connectivity index (χ1) is 10.0. The van der Waals surface area contributed by atoms with Crippen molar-refractivity contribution in [1.82, 2.24) is 0 Å². The number of rotatable bonds is 5. The summed E-state index contributed by atoms with van der Waals surface area (Å²) >= 11 is 6.03. The zero-order valence-electron chi connectivity index (χ0n) is 12.1. The van der Waals surface area contributed by atoms with Gasteiger partial charge in [0, 0.05) is 17.1 Å². The van der Waals surface area contributed by atoms with Crippen LogP contribution in [0.1, 0.15) is 30.6 Å². The lowest BCUT2D eigenvalue weighted by molar-refractivity contribution is 0.170. The number of aryl methyl sites for hydroxylation is 1. The summed E-state index contributed by atoms with van der Waals surface area (Å²) < 4.78 is 19.6. The van der Waals surface area contributed by atoms with Crippen molar-refractivity contribution in [2.24, 2.45) is 5.73 Å². The fourth-order valence-electron chi connectivity index (χ4n) is 2.09. The van der Waals surface area contributed by atoms with Gasteiger partial charge in [0.05, 0.1) is 0 Å². The Kier molecular flexibility index (Phi) is 5.21. The number of hydrogen-bond donors (Lipinski definition) is 1. The SMILES string of the molecule is CCC(N)C(Oc1ccc(C)c(F)c1)c1cccc(Cl)c1. The third-order valence-electron chi connectivity index (χ3n) is 3.44. The molecule has 2 atom stereocenters. The van der Waals surface area contributed by atoms with Gasteiger partial charge < -0.3 is 10.5 Å². The van der Waals surface area contributed by atoms with Crippen LogP contribution in [0.3, 0.4) is 0 Å². The third kappa shape index (κ3) is 3.96. The predicted octanol–water partition coefficient (Wildman–Crippen LogP) is 4.64. The Hall–Kier alpha value is -1.58. The second kappa shape index (κ2) is 6.92. The average Bonchev–Trinajstić information content (AvgIpc) is 2.47. The molecule has 112 valence electrons. The average molecular weight is 308 g/mol. The molecule has 0 heterocycles. The molecule has 0 radical (unpaired) electrons. The summed E-state index contributed by atoms with van der Waals surface area (Å²) in [7, 11) is 0. The number of nitrogens with two attached hydrogens (primary N) is 1. The Morgan fingerprint density at radius 3 is 2.62 bits per heavy atom. The van der Waals surface area contributed by atoms with Crippen LogP contribution in [0, 0.1) is 12.7 Å². The first kappa shape index (κ1) is 15.8. The molecule has 0 spiro atoms. The Labute approximate surface area is 129 Å². The van der Waals surface area contributed by atoms with Gasteiger partial charge in [0.25, 0.3) is 0 Å². The van der Waals surface area contributed by atoms with E-state index in [4.69, 9.17) is 22.1 Å². The summed E-state index contributed by atoms with van der Waals surface area (Å²) in [5.41, 5.74) is 7.62. The van der Waals surface area contributed by atoms with Crippen LogP contribution in [-0.4, -0.2) is 6.04 Å². The molecular formula is C17H19ClFNO. The fourth-order valence-corrected chi connectivity index (χ4v) is 2.29. The van der Waals surface area contributed by atoms with Crippen molar-refractivity contribution in [3.05, 3.63) is 64.4 Å². The Morgan fingerprint density at radius 2 is 2.00 bits per heavy atom. The summed E-state index contributed by atoms with van der Waals surface area (Å²) in [6.45, 7) is 3.70. The van der Waals surface area contributed by atoms with Crippen LogP contribution in [0.15, 0.2) is 42.5 Å². The molecule has 0 saturated carbocycles. The van der Waals surface area contributed by atoms with Crippen LogP contribution in [0.25, 0.3) is 0 Å². The minimum absolute atomic E-state index is 0.201. The molecular weight excluding hydrogens is 289 g/mol. The van der Waals surface area contributed by atoms with E-state index >= 15 is 0 Å². The standard InChI is InChI=1S/C17H19ClFNO/c1-3-16(20)17(12-5-4-6-13(18)9-12)21-14-8-7-11(2)15(19)10-14/h4-10,16-17H,3,20H2,1-2H3. The molecule has 2 rings (SSSR count). The first-order valence-electron chi connectivity index (χ1n) is 6.95. The van der Waals surface area contributed by atoms with Gasteiger partial charge in [0.15, 0.2) is 0 Å². The normalized spacial score (nSPS) is 13.8. The maximum Gasteiger partial charge on any atom is 0.139 e. The largest absolute Gasteiger partial charge is 0.484 e. The smallest absolute Gasteiger partial charge is 0.139 e. The molecule has 0 aliphatic rings. The molecule has 0 aromatic heterocycles. The number of ether oxygens (including phenoxy) is 1. The van der Waals surface area contributed by atoms with Crippen molar-refractivity contribution in [2.45, 2.75) is 32.4 Å². The van der Waals surface area contributed by atoms with E-state index in [1.807, 2.05) is 25.1 Å². The molecule has 0 aliphatic carbocycles. The van der Waals surface area contributed by atoms with Gasteiger partial charge in [-0.15, -0.1) is 0 Å². The van der Waals surface area contributed by atoms with Crippen molar-refractivity contribution in [3.8, 4) is 5.75 Å². The minimum Gasteiger partial charge on any atom is -0.484 e. The lowest BCUT2D eigenvalue weighted by Crippen LogP contribution is -2.31. The Morgan fingerprint density at radius 1 is 1.24 bits per heavy atom. The number of halogens is 2. The van der Waals surface area contributed by atoms with Gasteiger partial charge in [0.1, 0.15) is 17.7 Å². The number of benzene rings is 2. The zero-order chi connectivity index (χ0) is 15.4. The van der Waals surface area contributed by atoms with Gasteiger partial charge in [-0.25, -0.2) is 4.39 Å². The second-order valence-corrected chi connectivity index (χ2v) is 5.51. The lowest BCUT2D eigenvalue weighted by Gasteiger charge is -2.25. The van der Waals surface area contributed by atoms with Crippen LogP contribution < -0.4 is 10.5 Å². The highest BCUT2D eigenvalue weighted by Gasteiger charge is 2.21. The van der Waals surface area contributed by atoms with Crippen molar-refractivity contribution in [3.63, 3.8) is 0 Å². The van der Waals surface area contributed by atoms with E-state index in [2.05, 4.69) is 0 Å². The van der Waals surface area contributed by atoms with Gasteiger partial charge in [-0.05, 0) is 42.7 Å². The van der Waals surface area contributed by atoms with Gasteiger partial charge in [0.2, 0.25) is 0 Å². The van der Waals surface area contributed by atoms with Crippen molar-refractivity contribution >= 4 is 11.6 Å². The van der Waals surface area contributed by atoms with E-state index in [1.54, 1.807) is 25.1 Å². The zero-order valence-corrected chi connectivity index (χ0v) is 12.9. The second-order valence-electron chi connectivity index (χ2n) is 5.08. The quantitative estimate of drug-likeness (QED) is 0.873. The van der Waals surface area contributed by atoms with Crippen molar-refractivity contribution in [2.75, 3.05) is 0 Å². The summed E-state index contributed by atoms with van der Waals surface area (Å²) in [5, 5.41) is 0.625. The third-order valence-corrected chi connectivity index (χ3v) is 3.68. The van der Waals surface area contributed by atoms with E-state index < -0.39 is 0 Å². The molecule has 0 fully saturated rings. The lowest BCUT2D eigenvalue weighted by atomic mass is 10.0. The monoisotopic (exact) mass is 307 g/mol. The van der Waals surface area contributed by atoms with Crippen molar-refractivity contribution < 1.29 is 9.13 Å². The molecule has 21 heavy (non-hydrogen) atoms. The molecule has 0 aliphatic heterocycles. The minimum atomic E-state index is -0.365. The molecule has 2 nitrogen and oxygen atoms in total. The van der Waals surface area contributed by atoms with Crippen LogP contribution in [0.2, 0.25) is 5.02 Å². The topological polar surface area (TPSA) is 35.2 Å². The van der Waals surface area contributed by atoms with Crippen LogP contribution >= 0.6 is 11.6 Å². The van der Waals surface area contributed by atoms with Gasteiger partial charge in [-0.1, -0.05) is 36.7 Å². The molecule has 0 saturated heterocycles. The highest BCUT2D eigenvalue weighted by molar-refractivity contribution is 6.30. The van der Waals surface area contributed by atoms with Gasteiger partial charge >= 0.3 is 0 Å². The fraction of sp³-hybridized carbons (Fsp3) is 0.294. The highest BCUT2D eigenvalue weighted by Crippen LogP contribution is 2.28. The molecule has 2 N–H and O–H groups in total. The number of hydrogen-bond acceptors (Lipinski definition) is 2. The Bertz CT molecular complexity index is 617. The van der Waals surface area contributed by atoms with E-state index in [9.17, 15) is 4.39 Å². The van der Waals surface area contributed by atoms with Crippen LogP contribution in [0.4, 0.5) is 4.39 Å². The van der Waals surface area contributed by atoms with Gasteiger partial charge in [-0.3, -0.25) is 0 Å². The predicted molar refractivity (Wildman–Crippen MR) is 84.2 cm³/mol. The van der Waals surface area contributed by atoms with E-state index in [-0.39, 0.29) is 18.0 Å². The maximum absolute atomic E-state index is 13.6. The molecule has 2 unspecified atom stereocenters. The summed E-state index contributed by atoms with van der Waals surface area (Å²) in [5.74, 6) is 0.175. The summed E-state index contributed by atoms with van der Waals surface area (Å²) in [4.78, 5) is 0. The van der Waals surface area contributed by atoms with E-state index in [0.29, 0.717) is 16.3 Å². The van der Waals surface area contributed by atoms with E-state index in [0.717, 1.165) is 12.0 Å². The molecule has 4 heteroatoms. The molecule has 0 bridgehead atoms. The summed E-state index contributed by atoms with van der Waals surface area (Å²) in [6.07, 6.45) is 0.377. The molecule has 2 aromatic rings.